The second-order valence-corrected chi connectivity index (χ2v) is 6.53. The van der Waals surface area contributed by atoms with E-state index in [0.29, 0.717) is 32.3 Å². The van der Waals surface area contributed by atoms with Crippen molar-refractivity contribution in [3.05, 3.63) is 35.1 Å². The van der Waals surface area contributed by atoms with Crippen molar-refractivity contribution in [3.8, 4) is 0 Å². The molecule has 2 heterocycles. The van der Waals surface area contributed by atoms with Crippen LogP contribution in [-0.4, -0.2) is 64.7 Å². The summed E-state index contributed by atoms with van der Waals surface area (Å²) < 4.78 is 27.6. The SMILES string of the molecule is CC1CNCCOC1.CCNC(=O)C1COCCO1.Fc1ccccc1Cl. The third kappa shape index (κ3) is 11.2. The predicted octanol–water partition coefficient (Wildman–Crippen LogP) is 2.26. The van der Waals surface area contributed by atoms with Gasteiger partial charge in [-0.3, -0.25) is 4.79 Å². The average molecular weight is 405 g/mol. The number of hydrogen-bond donors (Lipinski definition) is 2. The summed E-state index contributed by atoms with van der Waals surface area (Å²) in [4.78, 5) is 11.1. The molecule has 0 spiro atoms. The van der Waals surface area contributed by atoms with E-state index in [9.17, 15) is 9.18 Å². The van der Waals surface area contributed by atoms with E-state index < -0.39 is 6.10 Å². The first-order valence-electron chi connectivity index (χ1n) is 9.20. The maximum Gasteiger partial charge on any atom is 0.251 e. The molecule has 0 bridgehead atoms. The average Bonchev–Trinajstić information content (AvgIpc) is 2.94. The highest BCUT2D eigenvalue weighted by molar-refractivity contribution is 6.30. The molecule has 2 unspecified atom stereocenters. The molecule has 0 saturated carbocycles. The molecule has 1 aromatic carbocycles. The molecule has 154 valence electrons. The Balaban J connectivity index is 0.000000206. The molecule has 0 radical (unpaired) electrons. The minimum atomic E-state index is -0.399. The van der Waals surface area contributed by atoms with E-state index in [-0.39, 0.29) is 16.7 Å². The number of ether oxygens (including phenoxy) is 3. The zero-order valence-corrected chi connectivity index (χ0v) is 16.8. The van der Waals surface area contributed by atoms with Gasteiger partial charge < -0.3 is 24.8 Å². The zero-order chi connectivity index (χ0) is 19.9. The monoisotopic (exact) mass is 404 g/mol. The van der Waals surface area contributed by atoms with Crippen LogP contribution in [-0.2, 0) is 19.0 Å². The van der Waals surface area contributed by atoms with Gasteiger partial charge in [0.25, 0.3) is 5.91 Å². The van der Waals surface area contributed by atoms with Gasteiger partial charge in [0, 0.05) is 13.1 Å². The second kappa shape index (κ2) is 14.8. The molecular weight excluding hydrogens is 375 g/mol. The molecule has 2 fully saturated rings. The van der Waals surface area contributed by atoms with Crippen LogP contribution in [0.4, 0.5) is 4.39 Å². The van der Waals surface area contributed by atoms with Crippen LogP contribution < -0.4 is 10.6 Å². The maximum absolute atomic E-state index is 12.2. The van der Waals surface area contributed by atoms with Crippen LogP contribution in [0.1, 0.15) is 13.8 Å². The molecule has 1 aromatic rings. The number of nitrogens with one attached hydrogen (secondary N) is 2. The Labute approximate surface area is 165 Å². The van der Waals surface area contributed by atoms with E-state index >= 15 is 0 Å². The quantitative estimate of drug-likeness (QED) is 0.791. The number of rotatable bonds is 2. The molecule has 2 saturated heterocycles. The minimum absolute atomic E-state index is 0.0767. The number of carbonyl (C=O) groups excluding carboxylic acids is 1. The number of hydrogen-bond acceptors (Lipinski definition) is 5. The van der Waals surface area contributed by atoms with Crippen LogP contribution in [0, 0.1) is 11.7 Å². The molecule has 8 heteroatoms. The minimum Gasteiger partial charge on any atom is -0.380 e. The third-order valence-corrected chi connectivity index (χ3v) is 3.91. The van der Waals surface area contributed by atoms with Gasteiger partial charge in [-0.1, -0.05) is 30.7 Å². The van der Waals surface area contributed by atoms with Crippen molar-refractivity contribution in [3.63, 3.8) is 0 Å². The van der Waals surface area contributed by atoms with Crippen molar-refractivity contribution in [2.45, 2.75) is 20.0 Å². The third-order valence-electron chi connectivity index (χ3n) is 3.60. The number of carbonyl (C=O) groups is 1. The Kier molecular flexibility index (Phi) is 13.0. The van der Waals surface area contributed by atoms with Gasteiger partial charge in [-0.2, -0.15) is 0 Å². The largest absolute Gasteiger partial charge is 0.380 e. The summed E-state index contributed by atoms with van der Waals surface area (Å²) in [6, 6.07) is 6.12. The predicted molar refractivity (Wildman–Crippen MR) is 104 cm³/mol. The van der Waals surface area contributed by atoms with Crippen LogP contribution in [0.25, 0.3) is 0 Å². The van der Waals surface area contributed by atoms with Crippen LogP contribution >= 0.6 is 11.6 Å². The van der Waals surface area contributed by atoms with Gasteiger partial charge in [-0.05, 0) is 31.5 Å². The number of likely N-dealkylation sites (N-methyl/N-ethyl adjacent to an activating group) is 1. The Morgan fingerprint density at radius 1 is 1.26 bits per heavy atom. The van der Waals surface area contributed by atoms with Gasteiger partial charge in [0.05, 0.1) is 38.1 Å². The van der Waals surface area contributed by atoms with Crippen LogP contribution in [0.5, 0.6) is 0 Å². The molecule has 2 atom stereocenters. The highest BCUT2D eigenvalue weighted by Gasteiger charge is 2.21. The van der Waals surface area contributed by atoms with E-state index in [2.05, 4.69) is 17.6 Å². The Morgan fingerprint density at radius 2 is 2.00 bits per heavy atom. The maximum atomic E-state index is 12.2. The second-order valence-electron chi connectivity index (χ2n) is 6.13. The molecule has 2 N–H and O–H groups in total. The number of amides is 1. The summed E-state index contributed by atoms with van der Waals surface area (Å²) in [5.41, 5.74) is 0. The van der Waals surface area contributed by atoms with Crippen molar-refractivity contribution in [1.82, 2.24) is 10.6 Å². The van der Waals surface area contributed by atoms with Crippen LogP contribution in [0.2, 0.25) is 5.02 Å². The lowest BCUT2D eigenvalue weighted by molar-refractivity contribution is -0.147. The molecular formula is C19H30ClFN2O4. The smallest absolute Gasteiger partial charge is 0.251 e. The first kappa shape index (κ1) is 23.8. The Hall–Kier alpha value is -1.25. The van der Waals surface area contributed by atoms with Gasteiger partial charge in [0.15, 0.2) is 6.10 Å². The fraction of sp³-hybridized carbons (Fsp3) is 0.632. The summed E-state index contributed by atoms with van der Waals surface area (Å²) in [5, 5.41) is 6.12. The molecule has 3 rings (SSSR count). The van der Waals surface area contributed by atoms with Gasteiger partial charge in [0.2, 0.25) is 0 Å². The van der Waals surface area contributed by atoms with Gasteiger partial charge in [0.1, 0.15) is 5.82 Å². The summed E-state index contributed by atoms with van der Waals surface area (Å²) in [7, 11) is 0. The summed E-state index contributed by atoms with van der Waals surface area (Å²) in [6.45, 7) is 10.1. The van der Waals surface area contributed by atoms with Gasteiger partial charge in [-0.25, -0.2) is 4.39 Å². The summed E-state index contributed by atoms with van der Waals surface area (Å²) >= 11 is 5.33. The highest BCUT2D eigenvalue weighted by Crippen LogP contribution is 2.11. The van der Waals surface area contributed by atoms with Crippen molar-refractivity contribution in [2.24, 2.45) is 5.92 Å². The molecule has 2 aliphatic heterocycles. The van der Waals surface area contributed by atoms with Gasteiger partial charge in [-0.15, -0.1) is 0 Å². The lowest BCUT2D eigenvalue weighted by Crippen LogP contribution is -2.42. The number of halogens is 2. The van der Waals surface area contributed by atoms with E-state index in [1.165, 1.54) is 12.1 Å². The fourth-order valence-electron chi connectivity index (χ4n) is 2.20. The van der Waals surface area contributed by atoms with Gasteiger partial charge >= 0.3 is 0 Å². The molecule has 1 amide bonds. The molecule has 0 aliphatic carbocycles. The topological polar surface area (TPSA) is 68.8 Å². The van der Waals surface area contributed by atoms with E-state index in [1.807, 2.05) is 6.92 Å². The summed E-state index contributed by atoms with van der Waals surface area (Å²) in [5.74, 6) is 0.249. The zero-order valence-electron chi connectivity index (χ0n) is 16.0. The first-order chi connectivity index (χ1) is 13.0. The van der Waals surface area contributed by atoms with Crippen molar-refractivity contribution in [2.75, 3.05) is 52.7 Å². The van der Waals surface area contributed by atoms with E-state index in [4.69, 9.17) is 25.8 Å². The van der Waals surface area contributed by atoms with Crippen molar-refractivity contribution >= 4 is 17.5 Å². The lowest BCUT2D eigenvalue weighted by atomic mass is 10.2. The van der Waals surface area contributed by atoms with E-state index in [0.717, 1.165) is 26.3 Å². The standard InChI is InChI=1S/C7H13NO3.C6H4ClF.C6H13NO/c1-2-8-7(9)6-5-10-3-4-11-6;7-5-3-1-2-4-6(5)8;1-6-4-7-2-3-8-5-6/h6H,2-5H2,1H3,(H,8,9);1-4H;6-7H,2-5H2,1H3. The normalized spacial score (nSPS) is 22.2. The Morgan fingerprint density at radius 3 is 2.59 bits per heavy atom. The summed E-state index contributed by atoms with van der Waals surface area (Å²) in [6.07, 6.45) is -0.399. The van der Waals surface area contributed by atoms with Crippen molar-refractivity contribution < 1.29 is 23.4 Å². The fourth-order valence-corrected chi connectivity index (χ4v) is 2.34. The molecule has 27 heavy (non-hydrogen) atoms. The highest BCUT2D eigenvalue weighted by atomic mass is 35.5. The molecule has 6 nitrogen and oxygen atoms in total. The number of benzene rings is 1. The molecule has 0 aromatic heterocycles. The lowest BCUT2D eigenvalue weighted by Gasteiger charge is -2.21. The van der Waals surface area contributed by atoms with E-state index in [1.54, 1.807) is 12.1 Å². The Bertz CT molecular complexity index is 501. The van der Waals surface area contributed by atoms with Crippen LogP contribution in [0.3, 0.4) is 0 Å². The molecule has 2 aliphatic rings. The van der Waals surface area contributed by atoms with Crippen molar-refractivity contribution in [1.29, 1.82) is 0 Å². The first-order valence-corrected chi connectivity index (χ1v) is 9.58. The van der Waals surface area contributed by atoms with Crippen LogP contribution in [0.15, 0.2) is 24.3 Å².